The summed E-state index contributed by atoms with van der Waals surface area (Å²) in [5.74, 6) is -1.15. The molecule has 0 unspecified atom stereocenters. The van der Waals surface area contributed by atoms with Gasteiger partial charge < -0.3 is 19.5 Å². The number of esters is 1. The first-order valence-electron chi connectivity index (χ1n) is 8.26. The van der Waals surface area contributed by atoms with Gasteiger partial charge in [-0.1, -0.05) is 24.3 Å². The van der Waals surface area contributed by atoms with Crippen molar-refractivity contribution >= 4 is 22.6 Å². The molecule has 0 saturated carbocycles. The Hall–Kier alpha value is -2.60. The lowest BCUT2D eigenvalue weighted by Gasteiger charge is -2.35. The SMILES string of the molecule is C[C@@H]1CN(C(=O)COC(=O)c2cc3ccccc3cc2O)C[C@@H](C)O1. The fraction of sp³-hybridized carbons (Fsp3) is 0.368. The molecule has 132 valence electrons. The predicted molar refractivity (Wildman–Crippen MR) is 92.5 cm³/mol. The molecule has 1 amide bonds. The second kappa shape index (κ2) is 7.11. The molecule has 0 aromatic heterocycles. The number of amides is 1. The molecule has 6 heteroatoms. The molecule has 1 fully saturated rings. The lowest BCUT2D eigenvalue weighted by atomic mass is 10.1. The average Bonchev–Trinajstić information content (AvgIpc) is 2.57. The lowest BCUT2D eigenvalue weighted by molar-refractivity contribution is -0.146. The summed E-state index contributed by atoms with van der Waals surface area (Å²) in [5, 5.41) is 11.7. The predicted octanol–water partition coefficient (Wildman–Crippen LogP) is 2.34. The number of carbonyl (C=O) groups is 2. The van der Waals surface area contributed by atoms with E-state index in [2.05, 4.69) is 0 Å². The van der Waals surface area contributed by atoms with Gasteiger partial charge in [0.2, 0.25) is 0 Å². The Kier molecular flexibility index (Phi) is 4.90. The highest BCUT2D eigenvalue weighted by atomic mass is 16.5. The summed E-state index contributed by atoms with van der Waals surface area (Å²) in [4.78, 5) is 26.1. The van der Waals surface area contributed by atoms with Crippen molar-refractivity contribution in [3.05, 3.63) is 42.0 Å². The average molecular weight is 343 g/mol. The van der Waals surface area contributed by atoms with E-state index < -0.39 is 5.97 Å². The third-order valence-electron chi connectivity index (χ3n) is 4.18. The minimum absolute atomic E-state index is 0.0482. The zero-order valence-corrected chi connectivity index (χ0v) is 14.3. The maximum atomic E-state index is 12.3. The van der Waals surface area contributed by atoms with Gasteiger partial charge in [0, 0.05) is 13.1 Å². The van der Waals surface area contributed by atoms with Gasteiger partial charge >= 0.3 is 5.97 Å². The van der Waals surface area contributed by atoms with Crippen molar-refractivity contribution in [2.75, 3.05) is 19.7 Å². The molecule has 6 nitrogen and oxygen atoms in total. The molecule has 1 heterocycles. The van der Waals surface area contributed by atoms with Crippen LogP contribution < -0.4 is 0 Å². The second-order valence-corrected chi connectivity index (χ2v) is 6.35. The Labute approximate surface area is 145 Å². The Balaban J connectivity index is 1.66. The van der Waals surface area contributed by atoms with Crippen molar-refractivity contribution in [1.82, 2.24) is 4.90 Å². The van der Waals surface area contributed by atoms with Crippen LogP contribution >= 0.6 is 0 Å². The summed E-state index contributed by atoms with van der Waals surface area (Å²) < 4.78 is 10.7. The number of carbonyl (C=O) groups excluding carboxylic acids is 2. The number of hydrogen-bond acceptors (Lipinski definition) is 5. The van der Waals surface area contributed by atoms with Gasteiger partial charge in [-0.3, -0.25) is 4.79 Å². The van der Waals surface area contributed by atoms with Gasteiger partial charge in [-0.15, -0.1) is 0 Å². The number of phenols is 1. The first-order chi connectivity index (χ1) is 11.9. The summed E-state index contributed by atoms with van der Waals surface area (Å²) in [7, 11) is 0. The van der Waals surface area contributed by atoms with Crippen LogP contribution in [0.15, 0.2) is 36.4 Å². The minimum Gasteiger partial charge on any atom is -0.507 e. The summed E-state index contributed by atoms with van der Waals surface area (Å²) in [6.07, 6.45) is -0.0964. The normalized spacial score (nSPS) is 20.5. The van der Waals surface area contributed by atoms with Crippen LogP contribution in [0, 0.1) is 0 Å². The highest BCUT2D eigenvalue weighted by Gasteiger charge is 2.26. The van der Waals surface area contributed by atoms with Gasteiger partial charge in [-0.05, 0) is 36.8 Å². The maximum Gasteiger partial charge on any atom is 0.342 e. The molecule has 2 atom stereocenters. The fourth-order valence-electron chi connectivity index (χ4n) is 3.07. The minimum atomic E-state index is -0.717. The van der Waals surface area contributed by atoms with Crippen LogP contribution in [0.3, 0.4) is 0 Å². The van der Waals surface area contributed by atoms with Crippen molar-refractivity contribution in [1.29, 1.82) is 0 Å². The zero-order valence-electron chi connectivity index (χ0n) is 14.3. The first kappa shape index (κ1) is 17.2. The molecule has 0 spiro atoms. The van der Waals surface area contributed by atoms with E-state index in [-0.39, 0.29) is 36.0 Å². The van der Waals surface area contributed by atoms with Gasteiger partial charge in [0.1, 0.15) is 11.3 Å². The number of rotatable bonds is 3. The van der Waals surface area contributed by atoms with Crippen molar-refractivity contribution < 1.29 is 24.2 Å². The van der Waals surface area contributed by atoms with E-state index >= 15 is 0 Å². The number of phenolic OH excluding ortho intramolecular Hbond substituents is 1. The van der Waals surface area contributed by atoms with Gasteiger partial charge in [0.05, 0.1) is 12.2 Å². The Morgan fingerprint density at radius 3 is 2.40 bits per heavy atom. The van der Waals surface area contributed by atoms with E-state index in [9.17, 15) is 14.7 Å². The quantitative estimate of drug-likeness (QED) is 0.866. The summed E-state index contributed by atoms with van der Waals surface area (Å²) in [6.45, 7) is 4.39. The van der Waals surface area contributed by atoms with Gasteiger partial charge in [-0.25, -0.2) is 4.79 Å². The van der Waals surface area contributed by atoms with Crippen molar-refractivity contribution in [2.45, 2.75) is 26.1 Å². The van der Waals surface area contributed by atoms with Crippen molar-refractivity contribution in [3.63, 3.8) is 0 Å². The number of nitrogens with zero attached hydrogens (tertiary/aromatic N) is 1. The third kappa shape index (κ3) is 3.91. The number of ether oxygens (including phenoxy) is 2. The molecule has 3 rings (SSSR count). The Bertz CT molecular complexity index is 794. The summed E-state index contributed by atoms with van der Waals surface area (Å²) in [5.41, 5.74) is 0.0511. The van der Waals surface area contributed by atoms with Crippen LogP contribution in [0.4, 0.5) is 0 Å². The molecule has 2 aromatic rings. The van der Waals surface area contributed by atoms with E-state index in [4.69, 9.17) is 9.47 Å². The molecule has 1 aliphatic heterocycles. The molecule has 25 heavy (non-hydrogen) atoms. The number of fused-ring (bicyclic) bond motifs is 1. The van der Waals surface area contributed by atoms with Gasteiger partial charge in [0.25, 0.3) is 5.91 Å². The van der Waals surface area contributed by atoms with Crippen LogP contribution in [-0.2, 0) is 14.3 Å². The number of morpholine rings is 1. The van der Waals surface area contributed by atoms with E-state index in [1.807, 2.05) is 38.1 Å². The number of benzene rings is 2. The molecule has 0 radical (unpaired) electrons. The smallest absolute Gasteiger partial charge is 0.342 e. The Morgan fingerprint density at radius 1 is 1.16 bits per heavy atom. The fourth-order valence-corrected chi connectivity index (χ4v) is 3.07. The van der Waals surface area contributed by atoms with E-state index in [0.717, 1.165) is 10.8 Å². The Morgan fingerprint density at radius 2 is 1.76 bits per heavy atom. The number of hydrogen-bond donors (Lipinski definition) is 1. The van der Waals surface area contributed by atoms with Crippen LogP contribution in [-0.4, -0.2) is 53.8 Å². The lowest BCUT2D eigenvalue weighted by Crippen LogP contribution is -2.49. The highest BCUT2D eigenvalue weighted by Crippen LogP contribution is 2.25. The first-order valence-corrected chi connectivity index (χ1v) is 8.26. The van der Waals surface area contributed by atoms with Crippen LogP contribution in [0.2, 0.25) is 0 Å². The van der Waals surface area contributed by atoms with Gasteiger partial charge in [-0.2, -0.15) is 0 Å². The molecule has 2 aromatic carbocycles. The summed E-state index contributed by atoms with van der Waals surface area (Å²) in [6, 6.07) is 10.5. The molecular weight excluding hydrogens is 322 g/mol. The topological polar surface area (TPSA) is 76.1 Å². The molecule has 0 bridgehead atoms. The van der Waals surface area contributed by atoms with Gasteiger partial charge in [0.15, 0.2) is 6.61 Å². The van der Waals surface area contributed by atoms with Crippen molar-refractivity contribution in [2.24, 2.45) is 0 Å². The molecule has 1 N–H and O–H groups in total. The summed E-state index contributed by atoms with van der Waals surface area (Å²) >= 11 is 0. The standard InChI is InChI=1S/C19H21NO5/c1-12-9-20(10-13(2)25-12)18(22)11-24-19(23)16-7-14-5-3-4-6-15(14)8-17(16)21/h3-8,12-13,21H,9-11H2,1-2H3/t12-,13-/m1/s1. The second-order valence-electron chi connectivity index (χ2n) is 6.35. The van der Waals surface area contributed by atoms with Crippen molar-refractivity contribution in [3.8, 4) is 5.75 Å². The van der Waals surface area contributed by atoms with E-state index in [1.165, 1.54) is 6.07 Å². The van der Waals surface area contributed by atoms with Crippen LogP contribution in [0.1, 0.15) is 24.2 Å². The highest BCUT2D eigenvalue weighted by molar-refractivity contribution is 5.99. The molecule has 0 aliphatic carbocycles. The molecule has 1 aliphatic rings. The largest absolute Gasteiger partial charge is 0.507 e. The zero-order chi connectivity index (χ0) is 18.0. The monoisotopic (exact) mass is 343 g/mol. The molecular formula is C19H21NO5. The number of aromatic hydroxyl groups is 1. The third-order valence-corrected chi connectivity index (χ3v) is 4.18. The maximum absolute atomic E-state index is 12.3. The van der Waals surface area contributed by atoms with E-state index in [0.29, 0.717) is 13.1 Å². The van der Waals surface area contributed by atoms with E-state index in [1.54, 1.807) is 11.0 Å². The molecule has 1 saturated heterocycles. The van der Waals surface area contributed by atoms with Crippen LogP contribution in [0.25, 0.3) is 10.8 Å². The van der Waals surface area contributed by atoms with Crippen LogP contribution in [0.5, 0.6) is 5.75 Å².